The van der Waals surface area contributed by atoms with E-state index in [1.54, 1.807) is 22.7 Å². The Morgan fingerprint density at radius 2 is 2.00 bits per heavy atom. The second-order valence-electron chi connectivity index (χ2n) is 11.1. The summed E-state index contributed by atoms with van der Waals surface area (Å²) in [5.41, 5.74) is 0.0349. The highest BCUT2D eigenvalue weighted by atomic mass is 32.2. The van der Waals surface area contributed by atoms with Gasteiger partial charge in [0.25, 0.3) is 0 Å². The van der Waals surface area contributed by atoms with Crippen LogP contribution in [0.5, 0.6) is 0 Å². The summed E-state index contributed by atoms with van der Waals surface area (Å²) in [5, 5.41) is 10.2. The first-order chi connectivity index (χ1) is 17.7. The van der Waals surface area contributed by atoms with Crippen LogP contribution in [0.2, 0.25) is 18.1 Å². The average molecular weight is 601 g/mol. The number of likely N-dealkylation sites (tertiary alicyclic amines) is 1. The molecule has 0 radical (unpaired) electrons. The summed E-state index contributed by atoms with van der Waals surface area (Å²) < 4.78 is 11.7. The van der Waals surface area contributed by atoms with Crippen molar-refractivity contribution in [1.29, 1.82) is 0 Å². The average Bonchev–Trinajstić information content (AvgIpc) is 3.41. The number of carbonyl (C=O) groups is 3. The third-order valence-corrected chi connectivity index (χ3v) is 16.6. The molecule has 3 aliphatic heterocycles. The molecule has 2 amide bonds. The third kappa shape index (κ3) is 5.89. The van der Waals surface area contributed by atoms with Crippen LogP contribution in [0.4, 0.5) is 4.79 Å². The van der Waals surface area contributed by atoms with Crippen molar-refractivity contribution in [2.45, 2.75) is 74.2 Å². The molecule has 0 aliphatic carbocycles. The first kappa shape index (κ1) is 31.2. The topological polar surface area (TPSA) is 96.4 Å². The number of carboxylic acids is 1. The number of thioether (sulfide) groups is 3. The second kappa shape index (κ2) is 12.0. The van der Waals surface area contributed by atoms with E-state index in [1.807, 2.05) is 6.92 Å². The van der Waals surface area contributed by atoms with E-state index >= 15 is 0 Å². The minimum absolute atomic E-state index is 0.00212. The van der Waals surface area contributed by atoms with E-state index in [2.05, 4.69) is 47.0 Å². The maximum absolute atomic E-state index is 13.7. The van der Waals surface area contributed by atoms with Crippen molar-refractivity contribution in [2.75, 3.05) is 25.4 Å². The van der Waals surface area contributed by atoms with Gasteiger partial charge in [0.1, 0.15) is 12.5 Å². The molecule has 0 aromatic heterocycles. The molecule has 1 N–H and O–H groups in total. The number of β-lactam (4-membered cyclic amide) rings is 1. The first-order valence-corrected chi connectivity index (χ1v) is 18.5. The van der Waals surface area contributed by atoms with E-state index in [0.29, 0.717) is 35.9 Å². The number of carboxylic acid groups (broad SMARTS) is 1. The molecule has 3 heterocycles. The van der Waals surface area contributed by atoms with E-state index in [9.17, 15) is 19.5 Å². The fourth-order valence-electron chi connectivity index (χ4n) is 4.49. The zero-order chi connectivity index (χ0) is 28.5. The van der Waals surface area contributed by atoms with E-state index < -0.39 is 30.5 Å². The third-order valence-electron chi connectivity index (χ3n) is 7.49. The lowest BCUT2D eigenvalue weighted by Gasteiger charge is -2.56. The lowest BCUT2D eigenvalue weighted by atomic mass is 9.89. The van der Waals surface area contributed by atoms with Crippen LogP contribution in [0.15, 0.2) is 35.2 Å². The molecular weight excluding hydrogens is 561 g/mol. The Hall–Kier alpha value is -1.34. The molecule has 212 valence electrons. The van der Waals surface area contributed by atoms with Crippen LogP contribution < -0.4 is 0 Å². The number of aliphatic carboxylic acids is 1. The number of rotatable bonds is 12. The van der Waals surface area contributed by atoms with Crippen LogP contribution >= 0.6 is 35.3 Å². The molecule has 38 heavy (non-hydrogen) atoms. The molecule has 0 saturated carbocycles. The molecular formula is C26H40N2O6S3Si. The minimum Gasteiger partial charge on any atom is -0.477 e. The summed E-state index contributed by atoms with van der Waals surface area (Å²) in [6.07, 6.45) is 3.96. The monoisotopic (exact) mass is 600 g/mol. The van der Waals surface area contributed by atoms with Gasteiger partial charge in [0, 0.05) is 24.1 Å². The summed E-state index contributed by atoms with van der Waals surface area (Å²) >= 11 is 4.44. The van der Waals surface area contributed by atoms with Gasteiger partial charge >= 0.3 is 12.1 Å². The van der Waals surface area contributed by atoms with Crippen LogP contribution in [-0.2, 0) is 18.8 Å². The summed E-state index contributed by atoms with van der Waals surface area (Å²) in [6.45, 7) is 21.5. The lowest BCUT2D eigenvalue weighted by Crippen LogP contribution is -2.69. The molecule has 0 aromatic rings. The molecule has 12 heteroatoms. The van der Waals surface area contributed by atoms with Gasteiger partial charge in [0.15, 0.2) is 18.2 Å². The largest absolute Gasteiger partial charge is 0.477 e. The van der Waals surface area contributed by atoms with Crippen molar-refractivity contribution >= 4 is 61.6 Å². The van der Waals surface area contributed by atoms with Crippen molar-refractivity contribution < 1.29 is 28.7 Å². The molecule has 3 aliphatic rings. The number of hydrogen-bond donors (Lipinski definition) is 1. The van der Waals surface area contributed by atoms with Crippen molar-refractivity contribution in [3.63, 3.8) is 0 Å². The SMILES string of the molecule is C=CCOC(=O)N1CCC(SC2=C(C(=O)O)N3C(=O)[C@@H]([C@H](CC)O[Si](C)(C)C(C)(C)C)[C@@]3(SCC=C)S2)C1. The van der Waals surface area contributed by atoms with Gasteiger partial charge in [-0.05, 0) is 31.0 Å². The molecule has 4 atom stereocenters. The van der Waals surface area contributed by atoms with E-state index in [0.717, 1.165) is 0 Å². The Kier molecular flexibility index (Phi) is 9.88. The van der Waals surface area contributed by atoms with Gasteiger partial charge in [-0.15, -0.1) is 30.1 Å². The summed E-state index contributed by atoms with van der Waals surface area (Å²) in [5.74, 6) is -1.22. The van der Waals surface area contributed by atoms with Crippen LogP contribution in [0.3, 0.4) is 0 Å². The van der Waals surface area contributed by atoms with Gasteiger partial charge in [-0.1, -0.05) is 58.2 Å². The van der Waals surface area contributed by atoms with Gasteiger partial charge in [-0.3, -0.25) is 9.69 Å². The van der Waals surface area contributed by atoms with E-state index in [4.69, 9.17) is 9.16 Å². The number of amides is 2. The maximum atomic E-state index is 13.7. The molecule has 0 aromatic carbocycles. The quantitative estimate of drug-likeness (QED) is 0.166. The number of nitrogens with zero attached hydrogens (tertiary/aromatic N) is 2. The molecule has 0 spiro atoms. The van der Waals surface area contributed by atoms with Gasteiger partial charge in [0.2, 0.25) is 5.91 Å². The van der Waals surface area contributed by atoms with Crippen LogP contribution in [0, 0.1) is 5.92 Å². The number of ether oxygens (including phenoxy) is 1. The summed E-state index contributed by atoms with van der Waals surface area (Å²) in [4.78, 5) is 41.6. The number of carbonyl (C=O) groups excluding carboxylic acids is 2. The minimum atomic E-state index is -2.19. The highest BCUT2D eigenvalue weighted by Gasteiger charge is 2.70. The van der Waals surface area contributed by atoms with Crippen LogP contribution in [0.25, 0.3) is 0 Å². The predicted octanol–water partition coefficient (Wildman–Crippen LogP) is 5.95. The maximum Gasteiger partial charge on any atom is 0.410 e. The smallest absolute Gasteiger partial charge is 0.410 e. The van der Waals surface area contributed by atoms with E-state index in [1.165, 1.54) is 34.5 Å². The molecule has 2 fully saturated rings. The summed E-state index contributed by atoms with van der Waals surface area (Å²) in [6, 6.07) is 0. The van der Waals surface area contributed by atoms with Gasteiger partial charge < -0.3 is 19.2 Å². The van der Waals surface area contributed by atoms with Crippen molar-refractivity contribution in [2.24, 2.45) is 5.92 Å². The highest BCUT2D eigenvalue weighted by molar-refractivity contribution is 8.29. The Bertz CT molecular complexity index is 1010. The fraction of sp³-hybridized carbons (Fsp3) is 0.654. The second-order valence-corrected chi connectivity index (χ2v) is 20.2. The first-order valence-electron chi connectivity index (χ1n) is 12.9. The van der Waals surface area contributed by atoms with Crippen LogP contribution in [-0.4, -0.2) is 82.2 Å². The molecule has 0 bridgehead atoms. The van der Waals surface area contributed by atoms with Crippen molar-refractivity contribution in [3.05, 3.63) is 35.2 Å². The van der Waals surface area contributed by atoms with Gasteiger partial charge in [-0.25, -0.2) is 9.59 Å². The zero-order valence-electron chi connectivity index (χ0n) is 23.2. The normalized spacial score (nSPS) is 26.2. The van der Waals surface area contributed by atoms with Gasteiger partial charge in [0.05, 0.1) is 10.3 Å². The molecule has 3 rings (SSSR count). The summed E-state index contributed by atoms with van der Waals surface area (Å²) in [7, 11) is -2.19. The van der Waals surface area contributed by atoms with Crippen molar-refractivity contribution in [1.82, 2.24) is 9.80 Å². The van der Waals surface area contributed by atoms with Gasteiger partial charge in [-0.2, -0.15) is 0 Å². The van der Waals surface area contributed by atoms with Crippen molar-refractivity contribution in [3.8, 4) is 0 Å². The molecule has 8 nitrogen and oxygen atoms in total. The molecule has 2 saturated heterocycles. The number of hydrogen-bond acceptors (Lipinski definition) is 8. The van der Waals surface area contributed by atoms with Crippen LogP contribution in [0.1, 0.15) is 40.5 Å². The predicted molar refractivity (Wildman–Crippen MR) is 159 cm³/mol. The fourth-order valence-corrected chi connectivity index (χ4v) is 11.1. The Morgan fingerprint density at radius 3 is 2.55 bits per heavy atom. The lowest BCUT2D eigenvalue weighted by molar-refractivity contribution is -0.159. The number of fused-ring (bicyclic) bond motifs is 1. The highest BCUT2D eigenvalue weighted by Crippen LogP contribution is 2.67. The Balaban J connectivity index is 1.87. The standard InChI is InChI=1S/C26H40N2O6S3Si/c1-9-14-33-24(32)27-13-12-17(16-27)36-23-20(22(30)31)28-21(29)19(26(28,37-23)35-15-10-2)18(11-3)34-38(7,8)25(4,5)6/h9-10,17-19H,1-2,11-16H2,3-8H3,(H,30,31)/t17?,18-,19+,26+/m0/s1. The molecule has 1 unspecified atom stereocenters. The Morgan fingerprint density at radius 1 is 1.32 bits per heavy atom. The van der Waals surface area contributed by atoms with E-state index in [-0.39, 0.29) is 34.6 Å². The zero-order valence-corrected chi connectivity index (χ0v) is 26.6. The Labute approximate surface area is 240 Å².